The van der Waals surface area contributed by atoms with E-state index in [1.54, 1.807) is 30.3 Å². The Hall–Kier alpha value is -3.09. The summed E-state index contributed by atoms with van der Waals surface area (Å²) in [7, 11) is 0. The Labute approximate surface area is 214 Å². The van der Waals surface area contributed by atoms with Crippen LogP contribution in [-0.4, -0.2) is 39.3 Å². The molecule has 196 valence electrons. The van der Waals surface area contributed by atoms with E-state index in [2.05, 4.69) is 31.0 Å². The van der Waals surface area contributed by atoms with E-state index < -0.39 is 0 Å². The van der Waals surface area contributed by atoms with Crippen LogP contribution in [-0.2, 0) is 4.74 Å². The SMILES string of the molecule is CCCCCCCCOc1ccc(-n2nc3ccc(C(=O)OCC(CC)CCCC)cc3n2)c(O)c1. The molecule has 3 rings (SSSR count). The maximum absolute atomic E-state index is 12.6. The lowest BCUT2D eigenvalue weighted by atomic mass is 10.0. The molecular weight excluding hydrogens is 454 g/mol. The van der Waals surface area contributed by atoms with Crippen molar-refractivity contribution in [3.8, 4) is 17.2 Å². The van der Waals surface area contributed by atoms with E-state index in [0.29, 0.717) is 47.2 Å². The molecule has 2 aromatic carbocycles. The molecule has 0 fully saturated rings. The fourth-order valence-electron chi connectivity index (χ4n) is 4.16. The third kappa shape index (κ3) is 7.97. The molecule has 1 unspecified atom stereocenters. The van der Waals surface area contributed by atoms with Crippen molar-refractivity contribution in [3.05, 3.63) is 42.0 Å². The molecule has 0 aliphatic carbocycles. The molecule has 7 nitrogen and oxygen atoms in total. The molecule has 0 saturated heterocycles. The van der Waals surface area contributed by atoms with Crippen LogP contribution < -0.4 is 4.74 Å². The van der Waals surface area contributed by atoms with Crippen LogP contribution in [0.1, 0.15) is 95.3 Å². The van der Waals surface area contributed by atoms with Gasteiger partial charge in [0, 0.05) is 6.07 Å². The number of fused-ring (bicyclic) bond motifs is 1. The molecule has 1 heterocycles. The van der Waals surface area contributed by atoms with Crippen LogP contribution in [0.3, 0.4) is 0 Å². The van der Waals surface area contributed by atoms with Crippen LogP contribution in [0.2, 0.25) is 0 Å². The van der Waals surface area contributed by atoms with Crippen LogP contribution in [0, 0.1) is 5.92 Å². The molecular formula is C29H41N3O4. The predicted molar refractivity (Wildman–Crippen MR) is 143 cm³/mol. The Morgan fingerprint density at radius 3 is 2.42 bits per heavy atom. The topological polar surface area (TPSA) is 86.5 Å². The van der Waals surface area contributed by atoms with Crippen molar-refractivity contribution in [1.82, 2.24) is 15.0 Å². The van der Waals surface area contributed by atoms with Gasteiger partial charge >= 0.3 is 5.97 Å². The number of nitrogens with zero attached hydrogens (tertiary/aromatic N) is 3. The smallest absolute Gasteiger partial charge is 0.338 e. The van der Waals surface area contributed by atoms with E-state index in [0.717, 1.165) is 38.5 Å². The van der Waals surface area contributed by atoms with Crippen LogP contribution in [0.15, 0.2) is 36.4 Å². The van der Waals surface area contributed by atoms with Gasteiger partial charge in [0.2, 0.25) is 0 Å². The summed E-state index contributed by atoms with van der Waals surface area (Å²) in [4.78, 5) is 14.0. The summed E-state index contributed by atoms with van der Waals surface area (Å²) in [5, 5.41) is 19.5. The molecule has 36 heavy (non-hydrogen) atoms. The van der Waals surface area contributed by atoms with Crippen molar-refractivity contribution in [2.45, 2.75) is 85.0 Å². The zero-order valence-electron chi connectivity index (χ0n) is 22.0. The highest BCUT2D eigenvalue weighted by atomic mass is 16.5. The third-order valence-electron chi connectivity index (χ3n) is 6.54. The lowest BCUT2D eigenvalue weighted by Crippen LogP contribution is -2.14. The molecule has 1 aromatic heterocycles. The molecule has 3 aromatic rings. The first kappa shape index (κ1) is 27.5. The lowest BCUT2D eigenvalue weighted by molar-refractivity contribution is 0.0428. The predicted octanol–water partition coefficient (Wildman–Crippen LogP) is 7.24. The van der Waals surface area contributed by atoms with Crippen molar-refractivity contribution >= 4 is 17.0 Å². The Kier molecular flexibility index (Phi) is 11.0. The molecule has 0 aliphatic rings. The number of rotatable bonds is 16. The van der Waals surface area contributed by atoms with E-state index in [1.807, 2.05) is 6.07 Å². The van der Waals surface area contributed by atoms with Crippen LogP contribution >= 0.6 is 0 Å². The summed E-state index contributed by atoms with van der Waals surface area (Å²) < 4.78 is 11.4. The normalized spacial score (nSPS) is 12.1. The van der Waals surface area contributed by atoms with Crippen molar-refractivity contribution < 1.29 is 19.4 Å². The van der Waals surface area contributed by atoms with Gasteiger partial charge in [0.15, 0.2) is 0 Å². The first-order valence-electron chi connectivity index (χ1n) is 13.6. The molecule has 0 aliphatic heterocycles. The zero-order valence-corrected chi connectivity index (χ0v) is 22.0. The van der Waals surface area contributed by atoms with Crippen LogP contribution in [0.4, 0.5) is 0 Å². The molecule has 0 spiro atoms. The molecule has 0 bridgehead atoms. The number of hydrogen-bond donors (Lipinski definition) is 1. The maximum Gasteiger partial charge on any atom is 0.338 e. The van der Waals surface area contributed by atoms with Gasteiger partial charge in [-0.25, -0.2) is 4.79 Å². The largest absolute Gasteiger partial charge is 0.505 e. The number of esters is 1. The molecule has 1 atom stereocenters. The lowest BCUT2D eigenvalue weighted by Gasteiger charge is -2.14. The molecule has 7 heteroatoms. The third-order valence-corrected chi connectivity index (χ3v) is 6.54. The fourth-order valence-corrected chi connectivity index (χ4v) is 4.16. The van der Waals surface area contributed by atoms with Gasteiger partial charge in [-0.1, -0.05) is 72.1 Å². The standard InChI is InChI=1S/C29H41N3O4/c1-4-7-9-10-11-12-18-35-24-15-17-27(28(33)20-24)32-30-25-16-14-23(19-26(25)31-32)29(34)36-21-22(6-3)13-8-5-2/h14-17,19-20,22,33H,4-13,18,21H2,1-3H3. The van der Waals surface area contributed by atoms with Crippen LogP contribution in [0.5, 0.6) is 11.5 Å². The maximum atomic E-state index is 12.6. The van der Waals surface area contributed by atoms with Gasteiger partial charge in [-0.15, -0.1) is 15.0 Å². The number of aromatic hydroxyl groups is 1. The minimum atomic E-state index is -0.351. The monoisotopic (exact) mass is 495 g/mol. The van der Waals surface area contributed by atoms with Gasteiger partial charge < -0.3 is 14.6 Å². The Morgan fingerprint density at radius 1 is 0.917 bits per heavy atom. The average molecular weight is 496 g/mol. The second-order valence-corrected chi connectivity index (χ2v) is 9.47. The number of phenolic OH excluding ortho intramolecular Hbond substituents is 1. The van der Waals surface area contributed by atoms with E-state index >= 15 is 0 Å². The van der Waals surface area contributed by atoms with Crippen molar-refractivity contribution in [3.63, 3.8) is 0 Å². The van der Waals surface area contributed by atoms with Gasteiger partial charge in [0.25, 0.3) is 0 Å². The molecule has 1 N–H and O–H groups in total. The van der Waals surface area contributed by atoms with Gasteiger partial charge in [0.05, 0.1) is 18.8 Å². The number of unbranched alkanes of at least 4 members (excludes halogenated alkanes) is 6. The van der Waals surface area contributed by atoms with Gasteiger partial charge in [-0.3, -0.25) is 0 Å². The number of carbonyl (C=O) groups is 1. The Bertz CT molecular complexity index is 1100. The van der Waals surface area contributed by atoms with Crippen molar-refractivity contribution in [1.29, 1.82) is 0 Å². The van der Waals surface area contributed by atoms with E-state index in [9.17, 15) is 9.90 Å². The van der Waals surface area contributed by atoms with E-state index in [1.165, 1.54) is 30.5 Å². The number of ether oxygens (including phenoxy) is 2. The van der Waals surface area contributed by atoms with Gasteiger partial charge in [-0.05, 0) is 49.1 Å². The Balaban J connectivity index is 1.59. The number of benzene rings is 2. The average Bonchev–Trinajstić information content (AvgIpc) is 3.31. The first-order chi connectivity index (χ1) is 17.5. The quantitative estimate of drug-likeness (QED) is 0.166. The van der Waals surface area contributed by atoms with Crippen molar-refractivity contribution in [2.24, 2.45) is 5.92 Å². The van der Waals surface area contributed by atoms with Gasteiger partial charge in [-0.2, -0.15) is 0 Å². The van der Waals surface area contributed by atoms with E-state index in [-0.39, 0.29) is 11.7 Å². The summed E-state index contributed by atoms with van der Waals surface area (Å²) in [5.74, 6) is 0.694. The summed E-state index contributed by atoms with van der Waals surface area (Å²) in [5.41, 5.74) is 2.08. The highest BCUT2D eigenvalue weighted by Crippen LogP contribution is 2.27. The second-order valence-electron chi connectivity index (χ2n) is 9.47. The van der Waals surface area contributed by atoms with Crippen LogP contribution in [0.25, 0.3) is 16.7 Å². The van der Waals surface area contributed by atoms with E-state index in [4.69, 9.17) is 9.47 Å². The minimum absolute atomic E-state index is 0.0353. The number of hydrogen-bond acceptors (Lipinski definition) is 6. The van der Waals surface area contributed by atoms with Gasteiger partial charge in [0.1, 0.15) is 28.2 Å². The molecule has 0 amide bonds. The molecule has 0 radical (unpaired) electrons. The molecule has 0 saturated carbocycles. The summed E-state index contributed by atoms with van der Waals surface area (Å²) >= 11 is 0. The minimum Gasteiger partial charge on any atom is -0.505 e. The highest BCUT2D eigenvalue weighted by molar-refractivity contribution is 5.93. The summed E-state index contributed by atoms with van der Waals surface area (Å²) in [6.45, 7) is 7.57. The second kappa shape index (κ2) is 14.5. The van der Waals surface area contributed by atoms with Crippen molar-refractivity contribution in [2.75, 3.05) is 13.2 Å². The summed E-state index contributed by atoms with van der Waals surface area (Å²) in [6, 6.07) is 10.3. The number of carbonyl (C=O) groups excluding carboxylic acids is 1. The summed E-state index contributed by atoms with van der Waals surface area (Å²) in [6.07, 6.45) is 11.5. The highest BCUT2D eigenvalue weighted by Gasteiger charge is 2.15. The zero-order chi connectivity index (χ0) is 25.8. The first-order valence-corrected chi connectivity index (χ1v) is 13.6. The fraction of sp³-hybridized carbons (Fsp3) is 0.552. The number of phenols is 1. The Morgan fingerprint density at radius 2 is 1.67 bits per heavy atom. The number of aromatic nitrogens is 3.